The van der Waals surface area contributed by atoms with Crippen molar-refractivity contribution in [1.82, 2.24) is 8.98 Å². The molecule has 0 amide bonds. The van der Waals surface area contributed by atoms with Gasteiger partial charge in [-0.1, -0.05) is 72.3 Å². The van der Waals surface area contributed by atoms with E-state index in [0.717, 1.165) is 51.4 Å². The number of aromatic nitrogens is 1. The zero-order chi connectivity index (χ0) is 29.9. The summed E-state index contributed by atoms with van der Waals surface area (Å²) < 4.78 is 30.1. The van der Waals surface area contributed by atoms with Crippen LogP contribution in [-0.2, 0) is 10.0 Å². The zero-order valence-corrected chi connectivity index (χ0v) is 25.2. The summed E-state index contributed by atoms with van der Waals surface area (Å²) in [5, 5.41) is 27.8. The number of unbranched alkanes of at least 4 members (excludes halogenated alkanes) is 2. The molecule has 2 rings (SSSR count). The average molecular weight is 573 g/mol. The summed E-state index contributed by atoms with van der Waals surface area (Å²) >= 11 is 0. The SMILES string of the molecule is CCCCC(CC)CN(CC(CC)CCCC)S(=O)(=O)c1cccc(/N=N/c2c(C)c(C#N)c(=O)n(N)c2O)c1. The number of rotatable bonds is 16. The number of azo groups is 1. The van der Waals surface area contributed by atoms with E-state index in [9.17, 15) is 23.6 Å². The van der Waals surface area contributed by atoms with Gasteiger partial charge in [0.05, 0.1) is 10.6 Å². The standard InChI is InChI=1S/C29H44N6O4S/c1-6-10-13-22(8-3)19-34(20-23(9-4)14-11-7-2)40(38,39)25-16-12-15-24(17-25)32-33-27-21(5)26(18-30)28(36)35(31)29(27)37/h12,15-17,22-23,37H,6-11,13-14,19-20,31H2,1-5H3/b33-32+. The number of hydrogen-bond acceptors (Lipinski definition) is 8. The summed E-state index contributed by atoms with van der Waals surface area (Å²) in [7, 11) is -3.83. The van der Waals surface area contributed by atoms with Crippen molar-refractivity contribution < 1.29 is 13.5 Å². The lowest BCUT2D eigenvalue weighted by Crippen LogP contribution is -2.39. The number of sulfonamides is 1. The van der Waals surface area contributed by atoms with Crippen molar-refractivity contribution in [2.75, 3.05) is 18.9 Å². The second-order valence-corrected chi connectivity index (χ2v) is 12.2. The van der Waals surface area contributed by atoms with Crippen molar-refractivity contribution in [3.63, 3.8) is 0 Å². The number of nitriles is 1. The largest absolute Gasteiger partial charge is 0.492 e. The van der Waals surface area contributed by atoms with Crippen LogP contribution < -0.4 is 11.4 Å². The van der Waals surface area contributed by atoms with E-state index in [0.29, 0.717) is 17.8 Å². The lowest BCUT2D eigenvalue weighted by Gasteiger charge is -2.30. The maximum atomic E-state index is 14.0. The van der Waals surface area contributed by atoms with Gasteiger partial charge in [0.1, 0.15) is 11.6 Å². The average Bonchev–Trinajstić information content (AvgIpc) is 2.95. The predicted octanol–water partition coefficient (Wildman–Crippen LogP) is 6.29. The van der Waals surface area contributed by atoms with Gasteiger partial charge in [0.2, 0.25) is 15.9 Å². The van der Waals surface area contributed by atoms with E-state index >= 15 is 0 Å². The van der Waals surface area contributed by atoms with E-state index in [4.69, 9.17) is 5.84 Å². The Morgan fingerprint density at radius 2 is 1.62 bits per heavy atom. The molecule has 0 aliphatic heterocycles. The second kappa shape index (κ2) is 15.5. The minimum atomic E-state index is -3.83. The van der Waals surface area contributed by atoms with Crippen LogP contribution in [0.4, 0.5) is 11.4 Å². The maximum absolute atomic E-state index is 14.0. The lowest BCUT2D eigenvalue weighted by molar-refractivity contribution is 0.270. The number of aromatic hydroxyl groups is 1. The van der Waals surface area contributed by atoms with E-state index in [-0.39, 0.29) is 39.2 Å². The first-order valence-corrected chi connectivity index (χ1v) is 15.6. The number of benzene rings is 1. The number of nitrogens with zero attached hydrogens (tertiary/aromatic N) is 5. The molecule has 1 aromatic carbocycles. The number of nitrogen functional groups attached to an aromatic ring is 1. The highest BCUT2D eigenvalue weighted by Crippen LogP contribution is 2.32. The van der Waals surface area contributed by atoms with Crippen LogP contribution in [0.3, 0.4) is 0 Å². The van der Waals surface area contributed by atoms with Gasteiger partial charge in [0.25, 0.3) is 5.56 Å². The molecule has 0 saturated carbocycles. The maximum Gasteiger partial charge on any atom is 0.290 e. The van der Waals surface area contributed by atoms with Gasteiger partial charge in [-0.05, 0) is 49.8 Å². The van der Waals surface area contributed by atoms with Crippen molar-refractivity contribution in [3.05, 3.63) is 45.7 Å². The van der Waals surface area contributed by atoms with Gasteiger partial charge in [-0.25, -0.2) is 8.42 Å². The molecule has 0 spiro atoms. The van der Waals surface area contributed by atoms with Crippen molar-refractivity contribution in [2.45, 2.75) is 90.9 Å². The summed E-state index contributed by atoms with van der Waals surface area (Å²) in [6.45, 7) is 10.9. The molecule has 220 valence electrons. The first-order chi connectivity index (χ1) is 19.0. The Bertz CT molecular complexity index is 1350. The smallest absolute Gasteiger partial charge is 0.290 e. The molecule has 2 atom stereocenters. The third-order valence-corrected chi connectivity index (χ3v) is 9.27. The molecule has 0 fully saturated rings. The van der Waals surface area contributed by atoms with E-state index < -0.39 is 21.5 Å². The second-order valence-electron chi connectivity index (χ2n) is 10.3. The molecule has 0 radical (unpaired) electrons. The van der Waals surface area contributed by atoms with Gasteiger partial charge in [-0.3, -0.25) is 4.79 Å². The van der Waals surface area contributed by atoms with Crippen LogP contribution in [0.2, 0.25) is 0 Å². The van der Waals surface area contributed by atoms with E-state index in [2.05, 4.69) is 37.9 Å². The fraction of sp³-hybridized carbons (Fsp3) is 0.586. The Balaban J connectivity index is 2.48. The topological polar surface area (TPSA) is 154 Å². The van der Waals surface area contributed by atoms with Crippen LogP contribution in [0.25, 0.3) is 0 Å². The Morgan fingerprint density at radius 1 is 1.05 bits per heavy atom. The number of nitrogens with two attached hydrogens (primary N) is 1. The van der Waals surface area contributed by atoms with E-state index in [1.807, 2.05) is 0 Å². The van der Waals surface area contributed by atoms with Crippen LogP contribution in [0.1, 0.15) is 90.2 Å². The molecule has 2 unspecified atom stereocenters. The molecular formula is C29H44N6O4S. The Kier molecular flexibility index (Phi) is 12.8. The minimum Gasteiger partial charge on any atom is -0.492 e. The van der Waals surface area contributed by atoms with Gasteiger partial charge in [0, 0.05) is 18.7 Å². The third kappa shape index (κ3) is 8.15. The molecule has 0 aliphatic carbocycles. The van der Waals surface area contributed by atoms with Gasteiger partial charge >= 0.3 is 0 Å². The first-order valence-electron chi connectivity index (χ1n) is 14.2. The summed E-state index contributed by atoms with van der Waals surface area (Å²) in [6, 6.07) is 7.96. The fourth-order valence-corrected chi connectivity index (χ4v) is 6.31. The normalized spacial score (nSPS) is 13.5. The van der Waals surface area contributed by atoms with Crippen LogP contribution in [-0.4, -0.2) is 35.6 Å². The highest BCUT2D eigenvalue weighted by molar-refractivity contribution is 7.89. The quantitative estimate of drug-likeness (QED) is 0.178. The van der Waals surface area contributed by atoms with Crippen LogP contribution in [0.15, 0.2) is 44.2 Å². The Morgan fingerprint density at radius 3 is 2.12 bits per heavy atom. The molecule has 3 N–H and O–H groups in total. The summed E-state index contributed by atoms with van der Waals surface area (Å²) in [6.07, 6.45) is 8.03. The Hall–Kier alpha value is -3.23. The van der Waals surface area contributed by atoms with Crippen molar-refractivity contribution in [2.24, 2.45) is 22.1 Å². The molecule has 10 nitrogen and oxygen atoms in total. The van der Waals surface area contributed by atoms with Gasteiger partial charge in [-0.15, -0.1) is 5.11 Å². The van der Waals surface area contributed by atoms with E-state index in [1.165, 1.54) is 13.0 Å². The molecule has 11 heteroatoms. The molecular weight excluding hydrogens is 528 g/mol. The minimum absolute atomic E-state index is 0.113. The van der Waals surface area contributed by atoms with Crippen LogP contribution >= 0.6 is 0 Å². The fourth-order valence-electron chi connectivity index (χ4n) is 4.67. The molecule has 0 bridgehead atoms. The number of hydrogen-bond donors (Lipinski definition) is 2. The van der Waals surface area contributed by atoms with Crippen LogP contribution in [0, 0.1) is 30.1 Å². The lowest BCUT2D eigenvalue weighted by atomic mass is 9.97. The van der Waals surface area contributed by atoms with Crippen molar-refractivity contribution >= 4 is 21.4 Å². The molecule has 1 heterocycles. The van der Waals surface area contributed by atoms with Crippen molar-refractivity contribution in [1.29, 1.82) is 5.26 Å². The predicted molar refractivity (Wildman–Crippen MR) is 158 cm³/mol. The Labute approximate surface area is 238 Å². The van der Waals surface area contributed by atoms with E-state index in [1.54, 1.807) is 28.6 Å². The first kappa shape index (κ1) is 33.0. The third-order valence-electron chi connectivity index (χ3n) is 7.45. The highest BCUT2D eigenvalue weighted by atomic mass is 32.2. The summed E-state index contributed by atoms with van der Waals surface area (Å²) in [5.41, 5.74) is -0.886. The zero-order valence-electron chi connectivity index (χ0n) is 24.4. The van der Waals surface area contributed by atoms with Gasteiger partial charge in [-0.2, -0.15) is 19.4 Å². The molecule has 1 aromatic heterocycles. The van der Waals surface area contributed by atoms with Gasteiger partial charge < -0.3 is 10.9 Å². The summed E-state index contributed by atoms with van der Waals surface area (Å²) in [5.74, 6) is 5.49. The molecule has 0 saturated heterocycles. The molecule has 40 heavy (non-hydrogen) atoms. The molecule has 2 aromatic rings. The van der Waals surface area contributed by atoms with Gasteiger partial charge in [0.15, 0.2) is 5.69 Å². The van der Waals surface area contributed by atoms with Crippen molar-refractivity contribution in [3.8, 4) is 11.9 Å². The monoisotopic (exact) mass is 572 g/mol. The highest BCUT2D eigenvalue weighted by Gasteiger charge is 2.29. The van der Waals surface area contributed by atoms with Crippen LogP contribution in [0.5, 0.6) is 5.88 Å². The summed E-state index contributed by atoms with van der Waals surface area (Å²) in [4.78, 5) is 12.2. The number of pyridine rings is 1. The molecule has 0 aliphatic rings.